The van der Waals surface area contributed by atoms with Crippen molar-refractivity contribution < 1.29 is 9.53 Å². The Balaban J connectivity index is 2.05. The minimum atomic E-state index is 0.0569. The van der Waals surface area contributed by atoms with Crippen molar-refractivity contribution in [3.8, 4) is 0 Å². The highest BCUT2D eigenvalue weighted by molar-refractivity contribution is 7.80. The van der Waals surface area contributed by atoms with E-state index in [-0.39, 0.29) is 5.78 Å². The number of rotatable bonds is 3. The van der Waals surface area contributed by atoms with Gasteiger partial charge in [-0.25, -0.2) is 0 Å². The molecule has 0 bridgehead atoms. The SMILES string of the molecule is COC(=S)Nc1sc2c(c1C(=O)c1ccccc1)CCCC2. The van der Waals surface area contributed by atoms with Crippen LogP contribution < -0.4 is 5.32 Å². The lowest BCUT2D eigenvalue weighted by Gasteiger charge is -2.12. The zero-order chi connectivity index (χ0) is 15.5. The van der Waals surface area contributed by atoms with E-state index in [4.69, 9.17) is 17.0 Å². The van der Waals surface area contributed by atoms with E-state index in [1.54, 1.807) is 11.3 Å². The second-order valence-electron chi connectivity index (χ2n) is 5.23. The molecule has 0 amide bonds. The third-order valence-corrected chi connectivity index (χ3v) is 5.31. The van der Waals surface area contributed by atoms with Crippen molar-refractivity contribution in [2.24, 2.45) is 0 Å². The highest BCUT2D eigenvalue weighted by Gasteiger charge is 2.26. The van der Waals surface area contributed by atoms with Gasteiger partial charge in [-0.2, -0.15) is 0 Å². The molecule has 22 heavy (non-hydrogen) atoms. The van der Waals surface area contributed by atoms with Gasteiger partial charge in [0, 0.05) is 10.4 Å². The molecular weight excluding hydrogens is 314 g/mol. The van der Waals surface area contributed by atoms with Gasteiger partial charge < -0.3 is 10.1 Å². The Morgan fingerprint density at radius 2 is 1.95 bits per heavy atom. The number of benzene rings is 1. The largest absolute Gasteiger partial charge is 0.474 e. The molecule has 0 atom stereocenters. The van der Waals surface area contributed by atoms with Crippen molar-refractivity contribution in [2.75, 3.05) is 12.4 Å². The molecule has 1 aliphatic carbocycles. The molecule has 1 N–H and O–H groups in total. The Labute approximate surface area is 139 Å². The van der Waals surface area contributed by atoms with Gasteiger partial charge in [-0.3, -0.25) is 4.79 Å². The summed E-state index contributed by atoms with van der Waals surface area (Å²) >= 11 is 6.73. The van der Waals surface area contributed by atoms with Crippen LogP contribution in [-0.4, -0.2) is 18.1 Å². The fourth-order valence-corrected chi connectivity index (χ4v) is 4.22. The zero-order valence-corrected chi connectivity index (χ0v) is 14.0. The topological polar surface area (TPSA) is 38.3 Å². The molecule has 0 fully saturated rings. The minimum absolute atomic E-state index is 0.0569. The van der Waals surface area contributed by atoms with Gasteiger partial charge in [0.05, 0.1) is 12.7 Å². The summed E-state index contributed by atoms with van der Waals surface area (Å²) in [5.74, 6) is 0.0569. The Morgan fingerprint density at radius 1 is 1.23 bits per heavy atom. The summed E-state index contributed by atoms with van der Waals surface area (Å²) in [7, 11) is 1.53. The van der Waals surface area contributed by atoms with Crippen molar-refractivity contribution in [3.63, 3.8) is 0 Å². The molecule has 5 heteroatoms. The highest BCUT2D eigenvalue weighted by atomic mass is 32.1. The molecule has 2 aromatic rings. The number of methoxy groups -OCH3 is 1. The van der Waals surface area contributed by atoms with Gasteiger partial charge in [-0.05, 0) is 43.5 Å². The first-order valence-corrected chi connectivity index (χ1v) is 8.52. The van der Waals surface area contributed by atoms with Gasteiger partial charge in [0.15, 0.2) is 5.78 Å². The Bertz CT molecular complexity index is 707. The molecule has 0 spiro atoms. The van der Waals surface area contributed by atoms with Crippen molar-refractivity contribution in [1.82, 2.24) is 0 Å². The van der Waals surface area contributed by atoms with Gasteiger partial charge in [0.2, 0.25) is 0 Å². The van der Waals surface area contributed by atoms with Crippen molar-refractivity contribution >= 4 is 39.5 Å². The second kappa shape index (κ2) is 6.58. The predicted octanol–water partition coefficient (Wildman–Crippen LogP) is 4.20. The fraction of sp³-hybridized carbons (Fsp3) is 0.294. The van der Waals surface area contributed by atoms with Gasteiger partial charge in [0.1, 0.15) is 5.00 Å². The molecule has 0 saturated carbocycles. The lowest BCUT2D eigenvalue weighted by Crippen LogP contribution is -2.14. The third kappa shape index (κ3) is 2.91. The number of thiophene rings is 1. The van der Waals surface area contributed by atoms with Gasteiger partial charge >= 0.3 is 0 Å². The van der Waals surface area contributed by atoms with Crippen LogP contribution in [0.2, 0.25) is 0 Å². The van der Waals surface area contributed by atoms with E-state index in [1.807, 2.05) is 30.3 Å². The summed E-state index contributed by atoms with van der Waals surface area (Å²) in [6, 6.07) is 9.40. The molecule has 114 valence electrons. The summed E-state index contributed by atoms with van der Waals surface area (Å²) in [5, 5.41) is 4.18. The lowest BCUT2D eigenvalue weighted by atomic mass is 9.92. The first-order valence-electron chi connectivity index (χ1n) is 7.30. The number of fused-ring (bicyclic) bond motifs is 1. The summed E-state index contributed by atoms with van der Waals surface area (Å²) in [4.78, 5) is 14.3. The van der Waals surface area contributed by atoms with Crippen LogP contribution in [0.5, 0.6) is 0 Å². The number of ketones is 1. The molecule has 3 rings (SSSR count). The van der Waals surface area contributed by atoms with Gasteiger partial charge in [-0.1, -0.05) is 30.3 Å². The monoisotopic (exact) mass is 331 g/mol. The number of carbonyl (C=O) groups is 1. The molecule has 0 radical (unpaired) electrons. The van der Waals surface area contributed by atoms with Crippen LogP contribution in [-0.2, 0) is 17.6 Å². The van der Waals surface area contributed by atoms with E-state index in [9.17, 15) is 4.79 Å². The van der Waals surface area contributed by atoms with E-state index >= 15 is 0 Å². The predicted molar refractivity (Wildman–Crippen MR) is 94.1 cm³/mol. The number of ether oxygens (including phenoxy) is 1. The average molecular weight is 331 g/mol. The zero-order valence-electron chi connectivity index (χ0n) is 12.3. The highest BCUT2D eigenvalue weighted by Crippen LogP contribution is 2.39. The molecule has 1 aliphatic rings. The molecule has 0 aliphatic heterocycles. The fourth-order valence-electron chi connectivity index (χ4n) is 2.77. The Hall–Kier alpha value is -1.72. The van der Waals surface area contributed by atoms with Crippen molar-refractivity contribution in [3.05, 3.63) is 51.9 Å². The van der Waals surface area contributed by atoms with Gasteiger partial charge in [-0.15, -0.1) is 11.3 Å². The molecule has 0 saturated heterocycles. The minimum Gasteiger partial charge on any atom is -0.474 e. The number of carbonyl (C=O) groups excluding carboxylic acids is 1. The van der Waals surface area contributed by atoms with Gasteiger partial charge in [0.25, 0.3) is 5.17 Å². The molecule has 1 aromatic carbocycles. The number of anilines is 1. The van der Waals surface area contributed by atoms with E-state index in [1.165, 1.54) is 24.0 Å². The van der Waals surface area contributed by atoms with Crippen LogP contribution in [0, 0.1) is 0 Å². The second-order valence-corrected chi connectivity index (χ2v) is 6.70. The quantitative estimate of drug-likeness (QED) is 0.676. The number of hydrogen-bond donors (Lipinski definition) is 1. The molecule has 3 nitrogen and oxygen atoms in total. The molecule has 1 heterocycles. The van der Waals surface area contributed by atoms with E-state index in [2.05, 4.69) is 5.32 Å². The number of nitrogens with one attached hydrogen (secondary N) is 1. The average Bonchev–Trinajstić information content (AvgIpc) is 2.92. The molecular formula is C17H17NO2S2. The Kier molecular flexibility index (Phi) is 4.55. The van der Waals surface area contributed by atoms with E-state index in [0.717, 1.165) is 29.8 Å². The molecule has 1 aromatic heterocycles. The maximum Gasteiger partial charge on any atom is 0.261 e. The number of thiocarbonyl (C=S) groups is 1. The summed E-state index contributed by atoms with van der Waals surface area (Å²) in [6.07, 6.45) is 4.31. The smallest absolute Gasteiger partial charge is 0.261 e. The summed E-state index contributed by atoms with van der Waals surface area (Å²) in [5.41, 5.74) is 2.66. The first kappa shape index (κ1) is 15.2. The van der Waals surface area contributed by atoms with Crippen LogP contribution in [0.1, 0.15) is 39.2 Å². The van der Waals surface area contributed by atoms with Crippen LogP contribution in [0.4, 0.5) is 5.00 Å². The van der Waals surface area contributed by atoms with Crippen LogP contribution in [0.3, 0.4) is 0 Å². The number of hydrogen-bond acceptors (Lipinski definition) is 4. The summed E-state index contributed by atoms with van der Waals surface area (Å²) in [6.45, 7) is 0. The standard InChI is InChI=1S/C17H17NO2S2/c1-20-17(21)18-16-14(12-9-5-6-10-13(12)22-16)15(19)11-7-3-2-4-8-11/h2-4,7-8H,5-6,9-10H2,1H3,(H,18,21). The third-order valence-electron chi connectivity index (χ3n) is 3.84. The lowest BCUT2D eigenvalue weighted by molar-refractivity contribution is 0.103. The van der Waals surface area contributed by atoms with E-state index in [0.29, 0.717) is 10.7 Å². The maximum absolute atomic E-state index is 13.0. The number of aryl methyl sites for hydroxylation is 1. The maximum atomic E-state index is 13.0. The van der Waals surface area contributed by atoms with Crippen LogP contribution >= 0.6 is 23.6 Å². The Morgan fingerprint density at radius 3 is 2.68 bits per heavy atom. The normalized spacial score (nSPS) is 13.3. The molecule has 0 unspecified atom stereocenters. The van der Waals surface area contributed by atoms with Crippen LogP contribution in [0.15, 0.2) is 30.3 Å². The van der Waals surface area contributed by atoms with Crippen LogP contribution in [0.25, 0.3) is 0 Å². The van der Waals surface area contributed by atoms with Crippen molar-refractivity contribution in [1.29, 1.82) is 0 Å². The van der Waals surface area contributed by atoms with E-state index < -0.39 is 0 Å². The van der Waals surface area contributed by atoms with Crippen molar-refractivity contribution in [2.45, 2.75) is 25.7 Å². The first-order chi connectivity index (χ1) is 10.7. The summed E-state index contributed by atoms with van der Waals surface area (Å²) < 4.78 is 5.04.